The Hall–Kier alpha value is -2.74. The van der Waals surface area contributed by atoms with Crippen molar-refractivity contribution in [2.24, 2.45) is 0 Å². The number of esters is 1. The van der Waals surface area contributed by atoms with Gasteiger partial charge in [0.25, 0.3) is 5.56 Å². The van der Waals surface area contributed by atoms with E-state index in [2.05, 4.69) is 4.98 Å². The lowest BCUT2D eigenvalue weighted by atomic mass is 10.2. The molecular formula is C15H17N3O7. The van der Waals surface area contributed by atoms with Crippen LogP contribution in [-0.2, 0) is 14.3 Å². The summed E-state index contributed by atoms with van der Waals surface area (Å²) in [6.45, 7) is 1.20. The van der Waals surface area contributed by atoms with E-state index >= 15 is 0 Å². The third kappa shape index (κ3) is 4.03. The van der Waals surface area contributed by atoms with Crippen molar-refractivity contribution in [1.29, 1.82) is 5.26 Å². The van der Waals surface area contributed by atoms with Crippen LogP contribution in [0.3, 0.4) is 0 Å². The number of nitrogens with zero attached hydrogens (tertiary/aromatic N) is 2. The zero-order valence-corrected chi connectivity index (χ0v) is 13.3. The molecule has 0 amide bonds. The lowest BCUT2D eigenvalue weighted by Crippen LogP contribution is -2.33. The number of rotatable bonds is 5. The first-order valence-electron chi connectivity index (χ1n) is 7.50. The molecule has 25 heavy (non-hydrogen) atoms. The summed E-state index contributed by atoms with van der Waals surface area (Å²) in [4.78, 5) is 37.6. The number of aromatic nitrogens is 2. The maximum atomic E-state index is 12.0. The summed E-state index contributed by atoms with van der Waals surface area (Å²) in [5.41, 5.74) is -2.11. The number of aromatic amines is 1. The van der Waals surface area contributed by atoms with E-state index in [9.17, 15) is 19.5 Å². The monoisotopic (exact) mass is 351 g/mol. The Labute approximate surface area is 141 Å². The van der Waals surface area contributed by atoms with Crippen molar-refractivity contribution >= 4 is 12.0 Å². The van der Waals surface area contributed by atoms with Gasteiger partial charge in [0, 0.05) is 12.6 Å². The summed E-state index contributed by atoms with van der Waals surface area (Å²) in [5.74, 6) is -0.893. The summed E-state index contributed by atoms with van der Waals surface area (Å²) in [6, 6.07) is 1.63. The van der Waals surface area contributed by atoms with Crippen molar-refractivity contribution in [3.05, 3.63) is 38.2 Å². The molecule has 2 rings (SSSR count). The highest BCUT2D eigenvalue weighted by Gasteiger charge is 2.35. The second kappa shape index (κ2) is 7.89. The van der Waals surface area contributed by atoms with Gasteiger partial charge in [0.05, 0.1) is 24.9 Å². The molecule has 0 spiro atoms. The van der Waals surface area contributed by atoms with Gasteiger partial charge in [-0.1, -0.05) is 0 Å². The molecule has 134 valence electrons. The van der Waals surface area contributed by atoms with E-state index in [0.29, 0.717) is 0 Å². The summed E-state index contributed by atoms with van der Waals surface area (Å²) >= 11 is 0. The molecule has 0 radical (unpaired) electrons. The van der Waals surface area contributed by atoms with Gasteiger partial charge in [-0.15, -0.1) is 0 Å². The molecule has 10 nitrogen and oxygen atoms in total. The zero-order chi connectivity index (χ0) is 18.6. The molecule has 1 fully saturated rings. The van der Waals surface area contributed by atoms with E-state index in [1.54, 1.807) is 13.0 Å². The van der Waals surface area contributed by atoms with Gasteiger partial charge in [0.2, 0.25) is 0 Å². The Bertz CT molecular complexity index is 833. The van der Waals surface area contributed by atoms with Crippen molar-refractivity contribution in [2.75, 3.05) is 13.2 Å². The van der Waals surface area contributed by atoms with Crippen molar-refractivity contribution in [3.63, 3.8) is 0 Å². The fourth-order valence-electron chi connectivity index (χ4n) is 2.37. The van der Waals surface area contributed by atoms with E-state index in [1.165, 1.54) is 0 Å². The summed E-state index contributed by atoms with van der Waals surface area (Å²) in [7, 11) is 0. The van der Waals surface area contributed by atoms with Gasteiger partial charge in [0.1, 0.15) is 24.0 Å². The number of carbonyl (C=O) groups excluding carboxylic acids is 1. The summed E-state index contributed by atoms with van der Waals surface area (Å²) < 4.78 is 11.1. The lowest BCUT2D eigenvalue weighted by Gasteiger charge is -2.14. The second-order valence-electron chi connectivity index (χ2n) is 5.26. The number of H-pyrrole nitrogens is 1. The number of nitriles is 1. The number of carbonyl (C=O) groups is 1. The van der Waals surface area contributed by atoms with Crippen LogP contribution in [0.25, 0.3) is 6.08 Å². The predicted molar refractivity (Wildman–Crippen MR) is 83.2 cm³/mol. The Morgan fingerprint density at radius 3 is 2.88 bits per heavy atom. The fraction of sp³-hybridized carbons (Fsp3) is 0.467. The van der Waals surface area contributed by atoms with E-state index in [4.69, 9.17) is 19.8 Å². The molecule has 10 heteroatoms. The minimum atomic E-state index is -0.970. The molecule has 1 aromatic heterocycles. The highest BCUT2D eigenvalue weighted by Crippen LogP contribution is 2.27. The molecule has 1 aliphatic rings. The first-order chi connectivity index (χ1) is 11.9. The fourth-order valence-corrected chi connectivity index (χ4v) is 2.37. The topological polar surface area (TPSA) is 155 Å². The Morgan fingerprint density at radius 2 is 2.32 bits per heavy atom. The van der Waals surface area contributed by atoms with Gasteiger partial charge < -0.3 is 19.7 Å². The molecule has 0 bridgehead atoms. The Kier molecular flexibility index (Phi) is 5.87. The second-order valence-corrected chi connectivity index (χ2v) is 5.26. The van der Waals surface area contributed by atoms with Crippen LogP contribution in [0.5, 0.6) is 0 Å². The van der Waals surface area contributed by atoms with Crippen LogP contribution < -0.4 is 11.2 Å². The van der Waals surface area contributed by atoms with Crippen LogP contribution in [0, 0.1) is 11.3 Å². The van der Waals surface area contributed by atoms with Crippen molar-refractivity contribution < 1.29 is 24.5 Å². The van der Waals surface area contributed by atoms with Crippen LogP contribution in [0.1, 0.15) is 25.1 Å². The molecule has 0 aromatic carbocycles. The molecule has 0 aliphatic carbocycles. The third-order valence-corrected chi connectivity index (χ3v) is 3.61. The van der Waals surface area contributed by atoms with Crippen LogP contribution in [0.2, 0.25) is 0 Å². The normalized spacial score (nSPS) is 23.3. The highest BCUT2D eigenvalue weighted by molar-refractivity contribution is 5.97. The largest absolute Gasteiger partial charge is 0.462 e. The number of ether oxygens (including phenoxy) is 2. The quantitative estimate of drug-likeness (QED) is 0.334. The van der Waals surface area contributed by atoms with Gasteiger partial charge >= 0.3 is 11.7 Å². The molecule has 1 aromatic rings. The third-order valence-electron chi connectivity index (χ3n) is 3.61. The molecule has 3 N–H and O–H groups in total. The Balaban J connectivity index is 2.42. The number of aliphatic hydroxyl groups excluding tert-OH is 2. The van der Waals surface area contributed by atoms with E-state index < -0.39 is 47.8 Å². The minimum Gasteiger partial charge on any atom is -0.462 e. The standard InChI is InChI=1S/C15H17N3O7/c1-2-24-14(22)8(5-16)3-9-6-18(15(23)17-13(9)21)12-4-10(20)11(7-19)25-12/h3,6,10-12,19-20H,2,4,7H2,1H3,(H,17,21,23)/b8-3+/t10-,11+,12+/m0/s1. The number of nitrogens with one attached hydrogen (secondary N) is 1. The van der Waals surface area contributed by atoms with Crippen LogP contribution in [-0.4, -0.2) is 51.2 Å². The Morgan fingerprint density at radius 1 is 1.60 bits per heavy atom. The van der Waals surface area contributed by atoms with Crippen LogP contribution in [0.4, 0.5) is 0 Å². The van der Waals surface area contributed by atoms with E-state index in [-0.39, 0.29) is 18.6 Å². The van der Waals surface area contributed by atoms with Gasteiger partial charge in [-0.2, -0.15) is 5.26 Å². The molecule has 0 saturated carbocycles. The van der Waals surface area contributed by atoms with Gasteiger partial charge in [0.15, 0.2) is 0 Å². The van der Waals surface area contributed by atoms with Crippen LogP contribution in [0.15, 0.2) is 21.4 Å². The van der Waals surface area contributed by atoms with Crippen LogP contribution >= 0.6 is 0 Å². The first-order valence-corrected chi connectivity index (χ1v) is 7.50. The SMILES string of the molecule is CCOC(=O)/C(C#N)=C/c1cn([C@H]2C[C@H](O)[C@@H](CO)O2)c(=O)[nH]c1=O. The number of hydrogen-bond acceptors (Lipinski definition) is 8. The average Bonchev–Trinajstić information content (AvgIpc) is 2.95. The number of hydrogen-bond donors (Lipinski definition) is 3. The highest BCUT2D eigenvalue weighted by atomic mass is 16.5. The van der Waals surface area contributed by atoms with Gasteiger partial charge in [-0.3, -0.25) is 14.3 Å². The lowest BCUT2D eigenvalue weighted by molar-refractivity contribution is -0.137. The van der Waals surface area contributed by atoms with E-state index in [0.717, 1.165) is 16.8 Å². The van der Waals surface area contributed by atoms with Crippen molar-refractivity contribution in [2.45, 2.75) is 31.8 Å². The zero-order valence-electron chi connectivity index (χ0n) is 13.3. The molecule has 0 unspecified atom stereocenters. The first kappa shape index (κ1) is 18.6. The minimum absolute atomic E-state index is 0.0311. The van der Waals surface area contributed by atoms with Gasteiger partial charge in [-0.05, 0) is 13.0 Å². The van der Waals surface area contributed by atoms with Gasteiger partial charge in [-0.25, -0.2) is 9.59 Å². The van der Waals surface area contributed by atoms with E-state index in [1.807, 2.05) is 0 Å². The maximum Gasteiger partial charge on any atom is 0.348 e. The molecular weight excluding hydrogens is 334 g/mol. The van der Waals surface area contributed by atoms with Crippen molar-refractivity contribution in [3.8, 4) is 6.07 Å². The van der Waals surface area contributed by atoms with Crippen molar-refractivity contribution in [1.82, 2.24) is 9.55 Å². The smallest absolute Gasteiger partial charge is 0.348 e. The molecule has 1 saturated heterocycles. The summed E-state index contributed by atoms with van der Waals surface area (Å²) in [6.07, 6.45) is -0.573. The molecule has 3 atom stereocenters. The average molecular weight is 351 g/mol. The maximum absolute atomic E-state index is 12.0. The number of aliphatic hydroxyl groups is 2. The molecule has 2 heterocycles. The predicted octanol–water partition coefficient (Wildman–Crippen LogP) is -1.35. The molecule has 1 aliphatic heterocycles. The summed E-state index contributed by atoms with van der Waals surface area (Å²) in [5, 5.41) is 27.9.